The second-order valence-electron chi connectivity index (χ2n) is 4.27. The highest BCUT2D eigenvalue weighted by Crippen LogP contribution is 2.29. The number of benzene rings is 2. The number of ether oxygens (including phenoxy) is 1. The van der Waals surface area contributed by atoms with Crippen LogP contribution in [-0.2, 0) is 0 Å². The molecule has 0 bridgehead atoms. The first-order chi connectivity index (χ1) is 10.1. The van der Waals surface area contributed by atoms with Crippen molar-refractivity contribution in [1.29, 1.82) is 0 Å². The minimum Gasteiger partial charge on any atom is -0.433 e. The number of aromatic nitrogens is 2. The number of H-pyrrole nitrogens is 1. The molecule has 21 heavy (non-hydrogen) atoms. The lowest BCUT2D eigenvalue weighted by Crippen LogP contribution is -2.06. The summed E-state index contributed by atoms with van der Waals surface area (Å²) in [7, 11) is 0. The van der Waals surface area contributed by atoms with E-state index in [1.165, 1.54) is 6.07 Å². The molecule has 0 amide bonds. The molecule has 0 saturated heterocycles. The number of hydrogen-bond donors (Lipinski definition) is 1. The molecule has 1 aromatic heterocycles. The normalized spacial score (nSPS) is 11.2. The number of fused-ring (bicyclic) bond motifs is 1. The molecule has 0 fully saturated rings. The summed E-state index contributed by atoms with van der Waals surface area (Å²) < 4.78 is 32.6. The highest BCUT2D eigenvalue weighted by molar-refractivity contribution is 9.10. The SMILES string of the molecule is FC(F)Oc1ccccc1-n1c(=S)[nH]c2ccc(Br)cc21. The molecule has 0 spiro atoms. The Kier molecular flexibility index (Phi) is 3.77. The Morgan fingerprint density at radius 2 is 1.95 bits per heavy atom. The van der Waals surface area contributed by atoms with E-state index in [1.54, 1.807) is 22.8 Å². The van der Waals surface area contributed by atoms with Gasteiger partial charge >= 0.3 is 6.61 Å². The van der Waals surface area contributed by atoms with Gasteiger partial charge in [-0.15, -0.1) is 0 Å². The molecule has 0 aliphatic rings. The van der Waals surface area contributed by atoms with Crippen LogP contribution >= 0.6 is 28.1 Å². The maximum absolute atomic E-state index is 12.5. The van der Waals surface area contributed by atoms with Crippen molar-refractivity contribution >= 4 is 39.2 Å². The molecule has 1 heterocycles. The zero-order valence-electron chi connectivity index (χ0n) is 10.5. The molecule has 2 aromatic carbocycles. The molecular formula is C14H9BrF2N2OS. The first-order valence-electron chi connectivity index (χ1n) is 6.01. The van der Waals surface area contributed by atoms with Crippen molar-refractivity contribution in [2.45, 2.75) is 6.61 Å². The third-order valence-electron chi connectivity index (χ3n) is 2.97. The number of alkyl halides is 2. The highest BCUT2D eigenvalue weighted by atomic mass is 79.9. The van der Waals surface area contributed by atoms with E-state index < -0.39 is 6.61 Å². The van der Waals surface area contributed by atoms with Crippen molar-refractivity contribution in [2.24, 2.45) is 0 Å². The highest BCUT2D eigenvalue weighted by Gasteiger charge is 2.14. The van der Waals surface area contributed by atoms with Gasteiger partial charge in [-0.25, -0.2) is 0 Å². The molecular weight excluding hydrogens is 362 g/mol. The molecule has 3 rings (SSSR count). The van der Waals surface area contributed by atoms with E-state index in [0.717, 1.165) is 15.5 Å². The van der Waals surface area contributed by atoms with Crippen LogP contribution in [0, 0.1) is 4.77 Å². The zero-order chi connectivity index (χ0) is 15.0. The fourth-order valence-electron chi connectivity index (χ4n) is 2.15. The third kappa shape index (κ3) is 2.71. The molecule has 0 saturated carbocycles. The molecule has 0 radical (unpaired) electrons. The summed E-state index contributed by atoms with van der Waals surface area (Å²) in [4.78, 5) is 3.05. The first kappa shape index (κ1) is 14.2. The van der Waals surface area contributed by atoms with Crippen LogP contribution in [0.4, 0.5) is 8.78 Å². The molecule has 3 aromatic rings. The lowest BCUT2D eigenvalue weighted by Gasteiger charge is -2.12. The van der Waals surface area contributed by atoms with Crippen LogP contribution in [0.25, 0.3) is 16.7 Å². The van der Waals surface area contributed by atoms with Crippen molar-refractivity contribution in [2.75, 3.05) is 0 Å². The van der Waals surface area contributed by atoms with Crippen LogP contribution in [0.15, 0.2) is 46.9 Å². The Bertz CT molecular complexity index is 860. The minimum absolute atomic E-state index is 0.0736. The second kappa shape index (κ2) is 5.57. The maximum atomic E-state index is 12.5. The van der Waals surface area contributed by atoms with Gasteiger partial charge in [0.15, 0.2) is 4.77 Å². The standard InChI is InChI=1S/C14H9BrF2N2OS/c15-8-5-6-9-11(7-8)19(14(21)18-9)10-3-1-2-4-12(10)20-13(16)17/h1-7,13H,(H,18,21). The van der Waals surface area contributed by atoms with Crippen LogP contribution in [-0.4, -0.2) is 16.2 Å². The monoisotopic (exact) mass is 370 g/mol. The Morgan fingerprint density at radius 1 is 1.19 bits per heavy atom. The van der Waals surface area contributed by atoms with Gasteiger partial charge < -0.3 is 9.72 Å². The number of imidazole rings is 1. The predicted octanol–water partition coefficient (Wildman–Crippen LogP) is 5.05. The molecule has 108 valence electrons. The molecule has 0 aliphatic carbocycles. The fraction of sp³-hybridized carbons (Fsp3) is 0.0714. The lowest BCUT2D eigenvalue weighted by molar-refractivity contribution is -0.0498. The summed E-state index contributed by atoms with van der Waals surface area (Å²) in [6.45, 7) is -2.89. The zero-order valence-corrected chi connectivity index (χ0v) is 12.9. The van der Waals surface area contributed by atoms with Crippen molar-refractivity contribution in [3.8, 4) is 11.4 Å². The molecule has 3 nitrogen and oxygen atoms in total. The van der Waals surface area contributed by atoms with Gasteiger partial charge in [-0.05, 0) is 42.5 Å². The van der Waals surface area contributed by atoms with Crippen molar-refractivity contribution in [3.05, 3.63) is 51.7 Å². The summed E-state index contributed by atoms with van der Waals surface area (Å²) in [6, 6.07) is 12.1. The van der Waals surface area contributed by atoms with Crippen molar-refractivity contribution in [3.63, 3.8) is 0 Å². The van der Waals surface area contributed by atoms with Crippen molar-refractivity contribution < 1.29 is 13.5 Å². The van der Waals surface area contributed by atoms with E-state index in [2.05, 4.69) is 25.7 Å². The summed E-state index contributed by atoms with van der Waals surface area (Å²) >= 11 is 8.70. The van der Waals surface area contributed by atoms with E-state index in [0.29, 0.717) is 10.5 Å². The van der Waals surface area contributed by atoms with Crippen LogP contribution in [0.2, 0.25) is 0 Å². The number of rotatable bonds is 3. The largest absolute Gasteiger partial charge is 0.433 e. The van der Waals surface area contributed by atoms with Gasteiger partial charge in [0, 0.05) is 4.47 Å². The average molecular weight is 371 g/mol. The van der Waals surface area contributed by atoms with E-state index in [9.17, 15) is 8.78 Å². The van der Waals surface area contributed by atoms with Gasteiger partial charge in [0.2, 0.25) is 0 Å². The van der Waals surface area contributed by atoms with E-state index >= 15 is 0 Å². The van der Waals surface area contributed by atoms with Crippen LogP contribution in [0.1, 0.15) is 0 Å². The smallest absolute Gasteiger partial charge is 0.387 e. The first-order valence-corrected chi connectivity index (χ1v) is 7.21. The van der Waals surface area contributed by atoms with Gasteiger partial charge in [-0.1, -0.05) is 28.1 Å². The van der Waals surface area contributed by atoms with Gasteiger partial charge in [0.05, 0.1) is 16.7 Å². The van der Waals surface area contributed by atoms with Crippen LogP contribution in [0.3, 0.4) is 0 Å². The van der Waals surface area contributed by atoms with Gasteiger partial charge in [0.25, 0.3) is 0 Å². The number of nitrogens with zero attached hydrogens (tertiary/aromatic N) is 1. The Labute approximate surface area is 132 Å². The summed E-state index contributed by atoms with van der Waals surface area (Å²) in [5, 5.41) is 0. The Balaban J connectivity index is 2.28. The summed E-state index contributed by atoms with van der Waals surface area (Å²) in [5.74, 6) is 0.0736. The lowest BCUT2D eigenvalue weighted by atomic mass is 10.2. The number of halogens is 3. The quantitative estimate of drug-likeness (QED) is 0.653. The van der Waals surface area contributed by atoms with Crippen molar-refractivity contribution in [1.82, 2.24) is 9.55 Å². The number of hydrogen-bond acceptors (Lipinski definition) is 2. The summed E-state index contributed by atoms with van der Waals surface area (Å²) in [5.41, 5.74) is 2.06. The summed E-state index contributed by atoms with van der Waals surface area (Å²) in [6.07, 6.45) is 0. The number of aromatic amines is 1. The molecule has 1 N–H and O–H groups in total. The van der Waals surface area contributed by atoms with Crippen LogP contribution in [0.5, 0.6) is 5.75 Å². The number of para-hydroxylation sites is 2. The van der Waals surface area contributed by atoms with Gasteiger partial charge in [-0.2, -0.15) is 8.78 Å². The third-order valence-corrected chi connectivity index (χ3v) is 3.75. The Morgan fingerprint density at radius 3 is 2.71 bits per heavy atom. The van der Waals surface area contributed by atoms with E-state index in [1.807, 2.05) is 18.2 Å². The van der Waals surface area contributed by atoms with E-state index in [4.69, 9.17) is 12.2 Å². The minimum atomic E-state index is -2.89. The van der Waals surface area contributed by atoms with Gasteiger partial charge in [0.1, 0.15) is 5.75 Å². The molecule has 0 atom stereocenters. The molecule has 0 aliphatic heterocycles. The molecule has 0 unspecified atom stereocenters. The molecule has 7 heteroatoms. The van der Waals surface area contributed by atoms with Gasteiger partial charge in [-0.3, -0.25) is 4.57 Å². The van der Waals surface area contributed by atoms with E-state index in [-0.39, 0.29) is 5.75 Å². The number of nitrogens with one attached hydrogen (secondary N) is 1. The Hall–Kier alpha value is -1.73. The van der Waals surface area contributed by atoms with Crippen LogP contribution < -0.4 is 4.74 Å². The second-order valence-corrected chi connectivity index (χ2v) is 5.58. The average Bonchev–Trinajstić information content (AvgIpc) is 2.74. The topological polar surface area (TPSA) is 29.9 Å². The maximum Gasteiger partial charge on any atom is 0.387 e. The fourth-order valence-corrected chi connectivity index (χ4v) is 2.81. The predicted molar refractivity (Wildman–Crippen MR) is 82.8 cm³/mol.